The van der Waals surface area contributed by atoms with E-state index in [2.05, 4.69) is 29.2 Å². The first kappa shape index (κ1) is 12.6. The van der Waals surface area contributed by atoms with Gasteiger partial charge in [0.2, 0.25) is 0 Å². The summed E-state index contributed by atoms with van der Waals surface area (Å²) in [6, 6.07) is 12.7. The molecule has 0 spiro atoms. The van der Waals surface area contributed by atoms with Crippen LogP contribution in [0, 0.1) is 0 Å². The zero-order valence-corrected chi connectivity index (χ0v) is 11.1. The van der Waals surface area contributed by atoms with E-state index in [1.807, 2.05) is 12.1 Å². The van der Waals surface area contributed by atoms with Crippen molar-refractivity contribution < 1.29 is 5.11 Å². The van der Waals surface area contributed by atoms with Gasteiger partial charge in [0.15, 0.2) is 0 Å². The van der Waals surface area contributed by atoms with Gasteiger partial charge in [-0.25, -0.2) is 0 Å². The summed E-state index contributed by atoms with van der Waals surface area (Å²) in [5.74, 6) is 0. The molecule has 3 heteroatoms. The predicted molar refractivity (Wildman–Crippen MR) is 76.9 cm³/mol. The normalized spacial score (nSPS) is 20.8. The monoisotopic (exact) mass is 256 g/mol. The summed E-state index contributed by atoms with van der Waals surface area (Å²) in [6.45, 7) is 2.17. The van der Waals surface area contributed by atoms with Crippen LogP contribution in [0.3, 0.4) is 0 Å². The zero-order chi connectivity index (χ0) is 13.1. The fourth-order valence-corrected chi connectivity index (χ4v) is 2.88. The molecule has 3 nitrogen and oxygen atoms in total. The summed E-state index contributed by atoms with van der Waals surface area (Å²) < 4.78 is 0. The van der Waals surface area contributed by atoms with Crippen LogP contribution in [0.15, 0.2) is 36.4 Å². The molecule has 1 fully saturated rings. The van der Waals surface area contributed by atoms with Gasteiger partial charge in [0.05, 0.1) is 17.8 Å². The van der Waals surface area contributed by atoms with Gasteiger partial charge in [-0.05, 0) is 31.5 Å². The molecule has 1 atom stereocenters. The molecular weight excluding hydrogens is 236 g/mol. The Morgan fingerprint density at radius 3 is 2.95 bits per heavy atom. The Labute approximate surface area is 113 Å². The van der Waals surface area contributed by atoms with E-state index >= 15 is 0 Å². The Morgan fingerprint density at radius 2 is 2.05 bits per heavy atom. The van der Waals surface area contributed by atoms with Crippen molar-refractivity contribution in [3.8, 4) is 0 Å². The molecule has 19 heavy (non-hydrogen) atoms. The van der Waals surface area contributed by atoms with Gasteiger partial charge in [0, 0.05) is 18.0 Å². The van der Waals surface area contributed by atoms with Crippen LogP contribution in [-0.4, -0.2) is 34.2 Å². The molecule has 1 aromatic carbocycles. The van der Waals surface area contributed by atoms with Crippen molar-refractivity contribution in [2.45, 2.75) is 31.8 Å². The predicted octanol–water partition coefficient (Wildman–Crippen LogP) is 2.58. The van der Waals surface area contributed by atoms with Gasteiger partial charge in [0.1, 0.15) is 0 Å². The van der Waals surface area contributed by atoms with Crippen molar-refractivity contribution in [2.75, 3.05) is 13.2 Å². The third-order valence-corrected chi connectivity index (χ3v) is 3.98. The van der Waals surface area contributed by atoms with E-state index in [0.29, 0.717) is 6.04 Å². The van der Waals surface area contributed by atoms with Crippen LogP contribution in [0.25, 0.3) is 10.9 Å². The van der Waals surface area contributed by atoms with Crippen LogP contribution < -0.4 is 0 Å². The zero-order valence-electron chi connectivity index (χ0n) is 11.1. The molecule has 0 bridgehead atoms. The number of pyridine rings is 1. The van der Waals surface area contributed by atoms with Gasteiger partial charge in [0.25, 0.3) is 0 Å². The fraction of sp³-hybridized carbons (Fsp3) is 0.438. The maximum Gasteiger partial charge on any atom is 0.0705 e. The molecule has 1 aliphatic rings. The standard InChI is InChI=1S/C16H20N2O/c19-12-15-6-3-4-10-18(15)11-14-9-8-13-5-1-2-7-16(13)17-14/h1-2,5,7-9,15,19H,3-4,6,10-12H2. The van der Waals surface area contributed by atoms with Crippen LogP contribution in [0.4, 0.5) is 0 Å². The van der Waals surface area contributed by atoms with Crippen LogP contribution in [0.1, 0.15) is 25.0 Å². The lowest BCUT2D eigenvalue weighted by Crippen LogP contribution is -2.41. The highest BCUT2D eigenvalue weighted by Crippen LogP contribution is 2.20. The summed E-state index contributed by atoms with van der Waals surface area (Å²) in [6.07, 6.45) is 3.56. The molecule has 2 heterocycles. The lowest BCUT2D eigenvalue weighted by Gasteiger charge is -2.34. The van der Waals surface area contributed by atoms with Gasteiger partial charge in [-0.15, -0.1) is 0 Å². The minimum atomic E-state index is 0.258. The first-order valence-corrected chi connectivity index (χ1v) is 7.06. The van der Waals surface area contributed by atoms with Gasteiger partial charge in [-0.1, -0.05) is 30.7 Å². The van der Waals surface area contributed by atoms with E-state index in [1.165, 1.54) is 18.2 Å². The van der Waals surface area contributed by atoms with Crippen molar-refractivity contribution in [3.63, 3.8) is 0 Å². The second-order valence-corrected chi connectivity index (χ2v) is 5.30. The minimum Gasteiger partial charge on any atom is -0.395 e. The number of aromatic nitrogens is 1. The summed E-state index contributed by atoms with van der Waals surface area (Å²) in [5, 5.41) is 10.6. The maximum absolute atomic E-state index is 9.45. The second kappa shape index (κ2) is 5.68. The largest absolute Gasteiger partial charge is 0.395 e. The molecule has 0 saturated carbocycles. The molecule has 1 saturated heterocycles. The van der Waals surface area contributed by atoms with E-state index < -0.39 is 0 Å². The number of hydrogen-bond donors (Lipinski definition) is 1. The lowest BCUT2D eigenvalue weighted by molar-refractivity contribution is 0.0832. The van der Waals surface area contributed by atoms with Crippen molar-refractivity contribution >= 4 is 10.9 Å². The number of aliphatic hydroxyl groups excluding tert-OH is 1. The van der Waals surface area contributed by atoms with E-state index in [4.69, 9.17) is 4.98 Å². The van der Waals surface area contributed by atoms with Crippen molar-refractivity contribution in [3.05, 3.63) is 42.1 Å². The first-order chi connectivity index (χ1) is 9.36. The fourth-order valence-electron chi connectivity index (χ4n) is 2.88. The number of benzene rings is 1. The summed E-state index contributed by atoms with van der Waals surface area (Å²) >= 11 is 0. The number of piperidine rings is 1. The number of fused-ring (bicyclic) bond motifs is 1. The van der Waals surface area contributed by atoms with E-state index in [1.54, 1.807) is 0 Å². The van der Waals surface area contributed by atoms with Gasteiger partial charge < -0.3 is 5.11 Å². The third-order valence-electron chi connectivity index (χ3n) is 3.98. The van der Waals surface area contributed by atoms with Gasteiger partial charge in [-0.2, -0.15) is 0 Å². The quantitative estimate of drug-likeness (QED) is 0.917. The number of hydrogen-bond acceptors (Lipinski definition) is 3. The maximum atomic E-state index is 9.45. The summed E-state index contributed by atoms with van der Waals surface area (Å²) in [7, 11) is 0. The molecule has 0 radical (unpaired) electrons. The Bertz CT molecular complexity index is 555. The highest BCUT2D eigenvalue weighted by molar-refractivity contribution is 5.78. The number of aliphatic hydroxyl groups is 1. The van der Waals surface area contributed by atoms with Gasteiger partial charge in [-0.3, -0.25) is 9.88 Å². The van der Waals surface area contributed by atoms with E-state index in [9.17, 15) is 5.11 Å². The number of nitrogens with zero attached hydrogens (tertiary/aromatic N) is 2. The average molecular weight is 256 g/mol. The highest BCUT2D eigenvalue weighted by Gasteiger charge is 2.21. The molecular formula is C16H20N2O. The van der Waals surface area contributed by atoms with E-state index in [-0.39, 0.29) is 6.61 Å². The van der Waals surface area contributed by atoms with Gasteiger partial charge >= 0.3 is 0 Å². The first-order valence-electron chi connectivity index (χ1n) is 7.06. The number of para-hydroxylation sites is 1. The molecule has 1 aromatic heterocycles. The molecule has 2 aromatic rings. The molecule has 1 aliphatic heterocycles. The van der Waals surface area contributed by atoms with Crippen molar-refractivity contribution in [1.29, 1.82) is 0 Å². The molecule has 1 unspecified atom stereocenters. The Kier molecular flexibility index (Phi) is 3.76. The van der Waals surface area contributed by atoms with Crippen LogP contribution in [0.5, 0.6) is 0 Å². The summed E-state index contributed by atoms with van der Waals surface area (Å²) in [5.41, 5.74) is 2.15. The average Bonchev–Trinajstić information content (AvgIpc) is 2.48. The van der Waals surface area contributed by atoms with Crippen molar-refractivity contribution in [2.24, 2.45) is 0 Å². The van der Waals surface area contributed by atoms with Crippen LogP contribution >= 0.6 is 0 Å². The summed E-state index contributed by atoms with van der Waals surface area (Å²) in [4.78, 5) is 7.08. The minimum absolute atomic E-state index is 0.258. The molecule has 0 amide bonds. The molecule has 1 N–H and O–H groups in total. The Hall–Kier alpha value is -1.45. The Balaban J connectivity index is 1.80. The molecule has 100 valence electrons. The second-order valence-electron chi connectivity index (χ2n) is 5.30. The highest BCUT2D eigenvalue weighted by atomic mass is 16.3. The van der Waals surface area contributed by atoms with E-state index in [0.717, 1.165) is 30.7 Å². The number of likely N-dealkylation sites (tertiary alicyclic amines) is 1. The number of rotatable bonds is 3. The van der Waals surface area contributed by atoms with Crippen molar-refractivity contribution in [1.82, 2.24) is 9.88 Å². The van der Waals surface area contributed by atoms with Crippen LogP contribution in [-0.2, 0) is 6.54 Å². The van der Waals surface area contributed by atoms with Crippen LogP contribution in [0.2, 0.25) is 0 Å². The molecule has 0 aliphatic carbocycles. The smallest absolute Gasteiger partial charge is 0.0705 e. The Morgan fingerprint density at radius 1 is 1.16 bits per heavy atom. The topological polar surface area (TPSA) is 36.4 Å². The molecule has 3 rings (SSSR count). The SMILES string of the molecule is OCC1CCCCN1Cc1ccc2ccccc2n1. The third kappa shape index (κ3) is 2.77. The lowest BCUT2D eigenvalue weighted by atomic mass is 10.0.